The van der Waals surface area contributed by atoms with Gasteiger partial charge in [0.15, 0.2) is 11.5 Å². The second-order valence-electron chi connectivity index (χ2n) is 4.43. The summed E-state index contributed by atoms with van der Waals surface area (Å²) in [7, 11) is 3.02. The van der Waals surface area contributed by atoms with Gasteiger partial charge in [0.05, 0.1) is 31.9 Å². The van der Waals surface area contributed by atoms with Crippen molar-refractivity contribution in [2.45, 2.75) is 18.4 Å². The molecule has 0 radical (unpaired) electrons. The van der Waals surface area contributed by atoms with Crippen molar-refractivity contribution in [3.05, 3.63) is 23.8 Å². The van der Waals surface area contributed by atoms with Gasteiger partial charge in [-0.1, -0.05) is 6.07 Å². The molecule has 5 nitrogen and oxygen atoms in total. The predicted molar refractivity (Wildman–Crippen MR) is 66.1 cm³/mol. The Balaban J connectivity index is 2.24. The number of methoxy groups -OCH3 is 2. The van der Waals surface area contributed by atoms with Crippen molar-refractivity contribution < 1.29 is 19.4 Å². The molecule has 1 aromatic rings. The molecule has 98 valence electrons. The predicted octanol–water partition coefficient (Wildman–Crippen LogP) is 0.958. The molecular weight excluding hydrogens is 234 g/mol. The van der Waals surface area contributed by atoms with Crippen LogP contribution >= 0.6 is 0 Å². The smallest absolute Gasteiger partial charge is 0.255 e. The highest BCUT2D eigenvalue weighted by Crippen LogP contribution is 2.36. The van der Waals surface area contributed by atoms with Gasteiger partial charge in [0.1, 0.15) is 0 Å². The maximum atomic E-state index is 12.1. The molecule has 2 N–H and O–H groups in total. The molecule has 1 saturated carbocycles. The van der Waals surface area contributed by atoms with Crippen molar-refractivity contribution in [1.29, 1.82) is 0 Å². The largest absolute Gasteiger partial charge is 0.493 e. The Hall–Kier alpha value is -1.75. The summed E-state index contributed by atoms with van der Waals surface area (Å²) in [5, 5.41) is 12.0. The molecule has 1 aliphatic carbocycles. The number of rotatable bonds is 5. The van der Waals surface area contributed by atoms with Gasteiger partial charge in [0, 0.05) is 0 Å². The fourth-order valence-corrected chi connectivity index (χ4v) is 1.85. The summed E-state index contributed by atoms with van der Waals surface area (Å²) in [6.45, 7) is -0.0367. The molecule has 0 atom stereocenters. The fourth-order valence-electron chi connectivity index (χ4n) is 1.85. The Morgan fingerprint density at radius 2 is 2.11 bits per heavy atom. The third-order valence-corrected chi connectivity index (χ3v) is 3.18. The first-order valence-electron chi connectivity index (χ1n) is 5.80. The summed E-state index contributed by atoms with van der Waals surface area (Å²) in [4.78, 5) is 12.1. The Morgan fingerprint density at radius 3 is 2.61 bits per heavy atom. The average molecular weight is 251 g/mol. The van der Waals surface area contributed by atoms with Gasteiger partial charge in [-0.25, -0.2) is 0 Å². The standard InChI is InChI=1S/C13H17NO4/c1-17-10-5-3-4-9(11(10)18-2)12(16)14-13(8-15)6-7-13/h3-5,15H,6-8H2,1-2H3,(H,14,16). The minimum absolute atomic E-state index is 0.0367. The number of benzene rings is 1. The topological polar surface area (TPSA) is 67.8 Å². The lowest BCUT2D eigenvalue weighted by atomic mass is 10.1. The van der Waals surface area contributed by atoms with E-state index in [1.54, 1.807) is 18.2 Å². The van der Waals surface area contributed by atoms with E-state index in [4.69, 9.17) is 9.47 Å². The molecule has 5 heteroatoms. The zero-order valence-electron chi connectivity index (χ0n) is 10.5. The monoisotopic (exact) mass is 251 g/mol. The molecule has 1 aromatic carbocycles. The van der Waals surface area contributed by atoms with E-state index < -0.39 is 5.54 Å². The number of carbonyl (C=O) groups is 1. The van der Waals surface area contributed by atoms with Crippen molar-refractivity contribution >= 4 is 5.91 Å². The lowest BCUT2D eigenvalue weighted by Gasteiger charge is -2.16. The maximum Gasteiger partial charge on any atom is 0.255 e. The highest BCUT2D eigenvalue weighted by molar-refractivity contribution is 5.98. The summed E-state index contributed by atoms with van der Waals surface area (Å²) < 4.78 is 10.4. The Bertz CT molecular complexity index is 454. The molecule has 0 spiro atoms. The van der Waals surface area contributed by atoms with E-state index in [1.807, 2.05) is 0 Å². The summed E-state index contributed by atoms with van der Waals surface area (Å²) in [6, 6.07) is 5.13. The van der Waals surface area contributed by atoms with Crippen molar-refractivity contribution in [1.82, 2.24) is 5.32 Å². The number of aliphatic hydroxyl groups is 1. The molecule has 1 aliphatic rings. The molecule has 0 heterocycles. The van der Waals surface area contributed by atoms with Crippen LogP contribution in [0.3, 0.4) is 0 Å². The van der Waals surface area contributed by atoms with Crippen LogP contribution in [0, 0.1) is 0 Å². The van der Waals surface area contributed by atoms with Gasteiger partial charge in [-0.15, -0.1) is 0 Å². The van der Waals surface area contributed by atoms with Gasteiger partial charge in [-0.3, -0.25) is 4.79 Å². The van der Waals surface area contributed by atoms with Gasteiger partial charge in [0.2, 0.25) is 0 Å². The summed E-state index contributed by atoms with van der Waals surface area (Å²) in [5.41, 5.74) is -0.0258. The summed E-state index contributed by atoms with van der Waals surface area (Å²) >= 11 is 0. The number of carbonyl (C=O) groups excluding carboxylic acids is 1. The first-order valence-corrected chi connectivity index (χ1v) is 5.80. The van der Waals surface area contributed by atoms with Crippen molar-refractivity contribution in [2.24, 2.45) is 0 Å². The van der Waals surface area contributed by atoms with E-state index in [9.17, 15) is 9.90 Å². The lowest BCUT2D eigenvalue weighted by molar-refractivity contribution is 0.0903. The second-order valence-corrected chi connectivity index (χ2v) is 4.43. The zero-order chi connectivity index (χ0) is 13.2. The quantitative estimate of drug-likeness (QED) is 0.818. The number of aliphatic hydroxyl groups excluding tert-OH is 1. The third-order valence-electron chi connectivity index (χ3n) is 3.18. The van der Waals surface area contributed by atoms with Crippen LogP contribution in [0.1, 0.15) is 23.2 Å². The van der Waals surface area contributed by atoms with E-state index in [2.05, 4.69) is 5.32 Å². The van der Waals surface area contributed by atoms with E-state index in [0.717, 1.165) is 12.8 Å². The van der Waals surface area contributed by atoms with Crippen LogP contribution in [0.2, 0.25) is 0 Å². The molecule has 0 aromatic heterocycles. The first kappa shape index (κ1) is 12.7. The van der Waals surface area contributed by atoms with Gasteiger partial charge in [-0.2, -0.15) is 0 Å². The van der Waals surface area contributed by atoms with Crippen LogP contribution < -0.4 is 14.8 Å². The highest BCUT2D eigenvalue weighted by Gasteiger charge is 2.43. The Labute approximate surface area is 106 Å². The molecule has 18 heavy (non-hydrogen) atoms. The molecule has 1 amide bonds. The van der Waals surface area contributed by atoms with Crippen molar-refractivity contribution in [2.75, 3.05) is 20.8 Å². The normalized spacial score (nSPS) is 15.9. The van der Waals surface area contributed by atoms with Gasteiger partial charge < -0.3 is 19.9 Å². The first-order chi connectivity index (χ1) is 8.65. The number of hydrogen-bond acceptors (Lipinski definition) is 4. The number of amides is 1. The van der Waals surface area contributed by atoms with E-state index in [1.165, 1.54) is 14.2 Å². The van der Waals surface area contributed by atoms with Gasteiger partial charge in [-0.05, 0) is 25.0 Å². The SMILES string of the molecule is COc1cccc(C(=O)NC2(CO)CC2)c1OC. The van der Waals surface area contributed by atoms with Crippen molar-refractivity contribution in [3.8, 4) is 11.5 Å². The third kappa shape index (κ3) is 2.26. The van der Waals surface area contributed by atoms with Crippen LogP contribution in [0.5, 0.6) is 11.5 Å². The van der Waals surface area contributed by atoms with E-state index >= 15 is 0 Å². The maximum absolute atomic E-state index is 12.1. The molecule has 0 saturated heterocycles. The number of para-hydroxylation sites is 1. The zero-order valence-corrected chi connectivity index (χ0v) is 10.5. The van der Waals surface area contributed by atoms with Crippen LogP contribution in [-0.4, -0.2) is 37.4 Å². The fraction of sp³-hybridized carbons (Fsp3) is 0.462. The molecule has 2 rings (SSSR count). The van der Waals surface area contributed by atoms with Gasteiger partial charge in [0.25, 0.3) is 5.91 Å². The molecule has 1 fully saturated rings. The Morgan fingerprint density at radius 1 is 1.39 bits per heavy atom. The van der Waals surface area contributed by atoms with Gasteiger partial charge >= 0.3 is 0 Å². The summed E-state index contributed by atoms with van der Waals surface area (Å²) in [6.07, 6.45) is 1.61. The number of hydrogen-bond donors (Lipinski definition) is 2. The molecule has 0 bridgehead atoms. The average Bonchev–Trinajstić information content (AvgIpc) is 3.17. The summed E-state index contributed by atoms with van der Waals surface area (Å²) in [5.74, 6) is 0.669. The van der Waals surface area contributed by atoms with E-state index in [-0.39, 0.29) is 12.5 Å². The van der Waals surface area contributed by atoms with Crippen LogP contribution in [0.25, 0.3) is 0 Å². The molecule has 0 unspecified atom stereocenters. The minimum atomic E-state index is -0.439. The molecular formula is C13H17NO4. The number of ether oxygens (including phenoxy) is 2. The minimum Gasteiger partial charge on any atom is -0.493 e. The van der Waals surface area contributed by atoms with Crippen molar-refractivity contribution in [3.63, 3.8) is 0 Å². The number of nitrogens with one attached hydrogen (secondary N) is 1. The van der Waals surface area contributed by atoms with E-state index in [0.29, 0.717) is 17.1 Å². The highest BCUT2D eigenvalue weighted by atomic mass is 16.5. The second kappa shape index (κ2) is 4.86. The lowest BCUT2D eigenvalue weighted by Crippen LogP contribution is -2.39. The van der Waals surface area contributed by atoms with Crippen LogP contribution in [0.4, 0.5) is 0 Å². The van der Waals surface area contributed by atoms with Crippen LogP contribution in [0.15, 0.2) is 18.2 Å². The molecule has 0 aliphatic heterocycles. The van der Waals surface area contributed by atoms with Crippen LogP contribution in [-0.2, 0) is 0 Å². The Kier molecular flexibility index (Phi) is 3.43.